The van der Waals surface area contributed by atoms with E-state index in [1.54, 1.807) is 6.07 Å². The van der Waals surface area contributed by atoms with E-state index in [0.717, 1.165) is 0 Å². The molecule has 0 saturated heterocycles. The van der Waals surface area contributed by atoms with Crippen molar-refractivity contribution in [3.63, 3.8) is 0 Å². The highest BCUT2D eigenvalue weighted by Gasteiger charge is 2.20. The summed E-state index contributed by atoms with van der Waals surface area (Å²) in [6.07, 6.45) is 0. The van der Waals surface area contributed by atoms with Gasteiger partial charge in [-0.05, 0) is 6.07 Å². The average molecular weight is 250 g/mol. The van der Waals surface area contributed by atoms with Gasteiger partial charge in [-0.3, -0.25) is 4.79 Å². The third kappa shape index (κ3) is 1.62. The van der Waals surface area contributed by atoms with Gasteiger partial charge in [0.2, 0.25) is 5.56 Å². The Labute approximate surface area is 103 Å². The number of pyridine rings is 1. The normalized spacial score (nSPS) is 10.4. The second kappa shape index (κ2) is 4.48. The van der Waals surface area contributed by atoms with Crippen LogP contribution in [-0.2, 0) is 0 Å². The maximum Gasteiger partial charge on any atom is 0.248 e. The van der Waals surface area contributed by atoms with Gasteiger partial charge in [-0.25, -0.2) is 0 Å². The minimum Gasteiger partial charge on any atom is -0.492 e. The van der Waals surface area contributed by atoms with E-state index in [2.05, 4.69) is 4.98 Å². The van der Waals surface area contributed by atoms with Crippen LogP contribution in [-0.4, -0.2) is 26.3 Å². The van der Waals surface area contributed by atoms with E-state index in [1.807, 2.05) is 0 Å². The molecule has 96 valence electrons. The first kappa shape index (κ1) is 12.1. The predicted octanol–water partition coefficient (Wildman–Crippen LogP) is 1.14. The van der Waals surface area contributed by atoms with E-state index in [-0.39, 0.29) is 11.2 Å². The lowest BCUT2D eigenvalue weighted by molar-refractivity contribution is 0.356. The highest BCUT2D eigenvalue weighted by molar-refractivity contribution is 5.98. The highest BCUT2D eigenvalue weighted by atomic mass is 16.5. The summed E-state index contributed by atoms with van der Waals surface area (Å²) in [5, 5.41) is 0.667. The average Bonchev–Trinajstić information content (AvgIpc) is 2.37. The second-order valence-electron chi connectivity index (χ2n) is 3.62. The molecule has 6 nitrogen and oxygen atoms in total. The summed E-state index contributed by atoms with van der Waals surface area (Å²) in [5.74, 6) is 1.20. The lowest BCUT2D eigenvalue weighted by atomic mass is 10.1. The van der Waals surface area contributed by atoms with Crippen LogP contribution in [0.25, 0.3) is 10.9 Å². The van der Waals surface area contributed by atoms with Crippen molar-refractivity contribution in [2.45, 2.75) is 0 Å². The SMILES string of the molecule is COc1c(N)c(OC)c2[nH]c(=O)ccc2c1OC. The number of aromatic nitrogens is 1. The largest absolute Gasteiger partial charge is 0.492 e. The number of benzene rings is 1. The molecular weight excluding hydrogens is 236 g/mol. The van der Waals surface area contributed by atoms with Crippen LogP contribution in [0.2, 0.25) is 0 Å². The third-order valence-corrected chi connectivity index (χ3v) is 2.70. The van der Waals surface area contributed by atoms with Gasteiger partial charge in [0.15, 0.2) is 17.2 Å². The fourth-order valence-electron chi connectivity index (χ4n) is 1.94. The van der Waals surface area contributed by atoms with Gasteiger partial charge in [-0.15, -0.1) is 0 Å². The number of ether oxygens (including phenoxy) is 3. The zero-order chi connectivity index (χ0) is 13.3. The van der Waals surface area contributed by atoms with Crippen molar-refractivity contribution in [3.8, 4) is 17.2 Å². The van der Waals surface area contributed by atoms with Crippen molar-refractivity contribution in [2.24, 2.45) is 0 Å². The number of hydrogen-bond acceptors (Lipinski definition) is 5. The number of anilines is 1. The molecule has 1 heterocycles. The predicted molar refractivity (Wildman–Crippen MR) is 68.6 cm³/mol. The van der Waals surface area contributed by atoms with Gasteiger partial charge < -0.3 is 24.9 Å². The minimum atomic E-state index is -0.243. The van der Waals surface area contributed by atoms with Crippen molar-refractivity contribution in [2.75, 3.05) is 27.1 Å². The van der Waals surface area contributed by atoms with Crippen LogP contribution < -0.4 is 25.5 Å². The van der Waals surface area contributed by atoms with Crippen molar-refractivity contribution in [1.82, 2.24) is 4.98 Å². The number of fused-ring (bicyclic) bond motifs is 1. The van der Waals surface area contributed by atoms with Gasteiger partial charge >= 0.3 is 0 Å². The summed E-state index contributed by atoms with van der Waals surface area (Å²) in [4.78, 5) is 14.1. The van der Waals surface area contributed by atoms with E-state index < -0.39 is 0 Å². The molecule has 18 heavy (non-hydrogen) atoms. The lowest BCUT2D eigenvalue weighted by Gasteiger charge is -2.16. The molecule has 0 aliphatic heterocycles. The van der Waals surface area contributed by atoms with Crippen molar-refractivity contribution in [1.29, 1.82) is 0 Å². The first-order valence-corrected chi connectivity index (χ1v) is 5.24. The summed E-state index contributed by atoms with van der Waals surface area (Å²) in [6, 6.07) is 3.04. The Bertz CT molecular complexity index is 649. The molecule has 0 bridgehead atoms. The van der Waals surface area contributed by atoms with Gasteiger partial charge in [0.1, 0.15) is 5.69 Å². The molecule has 0 spiro atoms. The van der Waals surface area contributed by atoms with Gasteiger partial charge in [-0.2, -0.15) is 0 Å². The van der Waals surface area contributed by atoms with Crippen LogP contribution in [0.4, 0.5) is 5.69 Å². The molecule has 0 unspecified atom stereocenters. The number of nitrogen functional groups attached to an aromatic ring is 1. The summed E-state index contributed by atoms with van der Waals surface area (Å²) >= 11 is 0. The Morgan fingerprint density at radius 1 is 1.00 bits per heavy atom. The maximum absolute atomic E-state index is 11.4. The molecule has 0 fully saturated rings. The van der Waals surface area contributed by atoms with E-state index in [9.17, 15) is 4.79 Å². The topological polar surface area (TPSA) is 86.6 Å². The van der Waals surface area contributed by atoms with Crippen molar-refractivity contribution in [3.05, 3.63) is 22.5 Å². The van der Waals surface area contributed by atoms with Crippen LogP contribution >= 0.6 is 0 Å². The maximum atomic E-state index is 11.4. The molecule has 1 aromatic carbocycles. The molecule has 0 saturated carbocycles. The van der Waals surface area contributed by atoms with Gasteiger partial charge in [-0.1, -0.05) is 0 Å². The highest BCUT2D eigenvalue weighted by Crippen LogP contribution is 2.46. The summed E-state index contributed by atoms with van der Waals surface area (Å²) < 4.78 is 15.7. The minimum absolute atomic E-state index is 0.243. The van der Waals surface area contributed by atoms with E-state index in [0.29, 0.717) is 28.2 Å². The van der Waals surface area contributed by atoms with E-state index in [1.165, 1.54) is 27.4 Å². The van der Waals surface area contributed by atoms with Crippen LogP contribution in [0.5, 0.6) is 17.2 Å². The smallest absolute Gasteiger partial charge is 0.248 e. The molecule has 0 amide bonds. The van der Waals surface area contributed by atoms with Gasteiger partial charge in [0, 0.05) is 11.5 Å². The zero-order valence-electron chi connectivity index (χ0n) is 10.4. The van der Waals surface area contributed by atoms with E-state index >= 15 is 0 Å². The summed E-state index contributed by atoms with van der Waals surface area (Å²) in [5.41, 5.74) is 6.47. The number of nitrogens with two attached hydrogens (primary N) is 1. The quantitative estimate of drug-likeness (QED) is 0.797. The number of methoxy groups -OCH3 is 3. The Kier molecular flexibility index (Phi) is 3.01. The van der Waals surface area contributed by atoms with Crippen molar-refractivity contribution < 1.29 is 14.2 Å². The molecular formula is C12H14N2O4. The van der Waals surface area contributed by atoms with Crippen molar-refractivity contribution >= 4 is 16.6 Å². The monoisotopic (exact) mass is 250 g/mol. The van der Waals surface area contributed by atoms with Crippen LogP contribution in [0, 0.1) is 0 Å². The molecule has 6 heteroatoms. The standard InChI is InChI=1S/C12H14N2O4/c1-16-10-6-4-5-7(15)14-9(6)11(17-2)8(13)12(10)18-3/h4-5H,13H2,1-3H3,(H,14,15). The van der Waals surface area contributed by atoms with Gasteiger partial charge in [0.05, 0.1) is 26.8 Å². The Morgan fingerprint density at radius 3 is 2.17 bits per heavy atom. The number of rotatable bonds is 3. The fraction of sp³-hybridized carbons (Fsp3) is 0.250. The molecule has 0 radical (unpaired) electrons. The first-order valence-electron chi connectivity index (χ1n) is 5.24. The van der Waals surface area contributed by atoms with Crippen LogP contribution in [0.3, 0.4) is 0 Å². The number of hydrogen-bond donors (Lipinski definition) is 2. The third-order valence-electron chi connectivity index (χ3n) is 2.70. The molecule has 3 N–H and O–H groups in total. The molecule has 0 aliphatic carbocycles. The zero-order valence-corrected chi connectivity index (χ0v) is 10.4. The molecule has 0 atom stereocenters. The molecule has 1 aromatic heterocycles. The Morgan fingerprint density at radius 2 is 1.61 bits per heavy atom. The second-order valence-corrected chi connectivity index (χ2v) is 3.62. The Hall–Kier alpha value is -2.37. The summed E-state index contributed by atoms with van der Waals surface area (Å²) in [6.45, 7) is 0. The van der Waals surface area contributed by atoms with Gasteiger partial charge in [0.25, 0.3) is 0 Å². The van der Waals surface area contributed by atoms with E-state index in [4.69, 9.17) is 19.9 Å². The number of aromatic amines is 1. The molecule has 2 rings (SSSR count). The lowest BCUT2D eigenvalue weighted by Crippen LogP contribution is -2.07. The number of nitrogens with one attached hydrogen (secondary N) is 1. The molecule has 2 aromatic rings. The van der Waals surface area contributed by atoms with Crippen LogP contribution in [0.1, 0.15) is 0 Å². The molecule has 0 aliphatic rings. The Balaban J connectivity index is 3.00. The first-order chi connectivity index (χ1) is 8.63. The fourth-order valence-corrected chi connectivity index (χ4v) is 1.94. The number of H-pyrrole nitrogens is 1. The summed E-state index contributed by atoms with van der Waals surface area (Å²) in [7, 11) is 4.47. The van der Waals surface area contributed by atoms with Crippen LogP contribution in [0.15, 0.2) is 16.9 Å².